The van der Waals surface area contributed by atoms with Crippen molar-refractivity contribution in [2.45, 2.75) is 23.0 Å². The van der Waals surface area contributed by atoms with Crippen LogP contribution in [0.4, 0.5) is 0 Å². The Morgan fingerprint density at radius 1 is 1.04 bits per heavy atom. The first-order chi connectivity index (χ1) is 11.0. The monoisotopic (exact) mass is 333 g/mol. The third kappa shape index (κ3) is 3.16. The first kappa shape index (κ1) is 15.4. The van der Waals surface area contributed by atoms with Gasteiger partial charge in [0.05, 0.1) is 24.1 Å². The first-order valence-corrected chi connectivity index (χ1v) is 9.34. The zero-order chi connectivity index (χ0) is 16.4. The van der Waals surface area contributed by atoms with Crippen molar-refractivity contribution in [2.75, 3.05) is 12.5 Å². The minimum atomic E-state index is -1.59. The largest absolute Gasteiger partial charge is 0.419 e. The molecule has 0 amide bonds. The molecule has 0 bridgehead atoms. The molecule has 2 aromatic rings. The van der Waals surface area contributed by atoms with Crippen LogP contribution in [0.1, 0.15) is 12.8 Å². The molecule has 3 heterocycles. The van der Waals surface area contributed by atoms with Crippen LogP contribution in [0.15, 0.2) is 40.8 Å². The van der Waals surface area contributed by atoms with Crippen molar-refractivity contribution < 1.29 is 19.1 Å². The molecule has 0 aromatic carbocycles. The van der Waals surface area contributed by atoms with Crippen LogP contribution in [0.2, 0.25) is 0 Å². The predicted molar refractivity (Wildman–Crippen MR) is 82.7 cm³/mol. The molecule has 8 heteroatoms. The van der Waals surface area contributed by atoms with Crippen LogP contribution in [0.5, 0.6) is 11.6 Å². The number of ether oxygens (including phenoxy) is 2. The molecule has 0 saturated carbocycles. The molecule has 2 aromatic heterocycles. The average Bonchev–Trinajstić information content (AvgIpc) is 2.54. The molecule has 0 N–H and O–H groups in total. The van der Waals surface area contributed by atoms with Crippen molar-refractivity contribution >= 4 is 22.0 Å². The lowest BCUT2D eigenvalue weighted by Gasteiger charge is -2.28. The van der Waals surface area contributed by atoms with Gasteiger partial charge in [-0.05, 0) is 24.6 Å². The van der Waals surface area contributed by atoms with E-state index in [0.717, 1.165) is 5.03 Å². The van der Waals surface area contributed by atoms with Gasteiger partial charge in [0.15, 0.2) is 5.16 Å². The summed E-state index contributed by atoms with van der Waals surface area (Å²) in [5.74, 6) is -0.985. The molecule has 0 unspecified atom stereocenters. The van der Waals surface area contributed by atoms with E-state index in [2.05, 4.69) is 15.0 Å². The van der Waals surface area contributed by atoms with E-state index in [9.17, 15) is 9.59 Å². The van der Waals surface area contributed by atoms with Gasteiger partial charge < -0.3 is 9.47 Å². The second-order valence-electron chi connectivity index (χ2n) is 5.26. The number of fused-ring (bicyclic) bond motifs is 1. The van der Waals surface area contributed by atoms with E-state index in [1.807, 2.05) is 30.7 Å². The number of hydrogen-bond acceptors (Lipinski definition) is 7. The molecule has 120 valence electrons. The van der Waals surface area contributed by atoms with Gasteiger partial charge in [0.2, 0.25) is 5.75 Å². The molecular weight excluding hydrogens is 318 g/mol. The van der Waals surface area contributed by atoms with Gasteiger partial charge >= 0.3 is 11.9 Å². The van der Waals surface area contributed by atoms with Crippen LogP contribution in [0, 0.1) is 0 Å². The highest BCUT2D eigenvalue weighted by Gasteiger charge is 2.27. The van der Waals surface area contributed by atoms with E-state index in [-0.39, 0.29) is 24.5 Å². The number of pyridine rings is 1. The van der Waals surface area contributed by atoms with E-state index >= 15 is 0 Å². The third-order valence-electron chi connectivity index (χ3n) is 3.28. The van der Waals surface area contributed by atoms with Crippen LogP contribution in [0.25, 0.3) is 0 Å². The summed E-state index contributed by atoms with van der Waals surface area (Å²) in [7, 11) is -1.59. The van der Waals surface area contributed by atoms with E-state index in [1.165, 1.54) is 6.20 Å². The molecule has 1 aliphatic heterocycles. The van der Waals surface area contributed by atoms with Crippen LogP contribution in [-0.4, -0.2) is 39.4 Å². The smallest absolute Gasteiger partial charge is 0.313 e. The molecule has 0 atom stereocenters. The predicted octanol–water partition coefficient (Wildman–Crippen LogP) is 1.96. The minimum Gasteiger partial charge on any atom is -0.419 e. The highest BCUT2D eigenvalue weighted by Crippen LogP contribution is 2.54. The number of carbonyl (C=O) groups is 2. The standard InChI is InChI=1S/C15H15N3O4S/c1-23(2,11-5-3-4-8-16-11)15-17-9-10-14(18-15)22-13(20)7-6-12(19)21-10/h3-5,8-9H,6-7H2,1-2H3. The zero-order valence-electron chi connectivity index (χ0n) is 12.7. The summed E-state index contributed by atoms with van der Waals surface area (Å²) < 4.78 is 10.3. The summed E-state index contributed by atoms with van der Waals surface area (Å²) in [6.45, 7) is 0. The fraction of sp³-hybridized carbons (Fsp3) is 0.267. The molecule has 7 nitrogen and oxygen atoms in total. The first-order valence-electron chi connectivity index (χ1n) is 6.89. The maximum absolute atomic E-state index is 11.7. The number of esters is 2. The van der Waals surface area contributed by atoms with Crippen LogP contribution < -0.4 is 9.47 Å². The molecule has 0 aliphatic carbocycles. The Morgan fingerprint density at radius 2 is 1.78 bits per heavy atom. The van der Waals surface area contributed by atoms with Crippen LogP contribution in [-0.2, 0) is 9.59 Å². The topological polar surface area (TPSA) is 91.3 Å². The molecular formula is C15H15N3O4S. The second-order valence-corrected chi connectivity index (χ2v) is 8.70. The average molecular weight is 333 g/mol. The Bertz CT molecular complexity index is 765. The fourth-order valence-corrected chi connectivity index (χ4v) is 3.57. The Morgan fingerprint density at radius 3 is 2.48 bits per heavy atom. The Labute approximate surface area is 134 Å². The maximum atomic E-state index is 11.7. The lowest BCUT2D eigenvalue weighted by Crippen LogP contribution is -2.20. The van der Waals surface area contributed by atoms with Crippen molar-refractivity contribution in [3.8, 4) is 11.6 Å². The van der Waals surface area contributed by atoms with Gasteiger partial charge in [-0.25, -0.2) is 4.98 Å². The Balaban J connectivity index is 2.02. The molecule has 3 rings (SSSR count). The SMILES string of the molecule is CS(C)(c1ccccn1)c1ncc2c(n1)OC(=O)CCC(=O)O2. The van der Waals surface area contributed by atoms with Gasteiger partial charge in [-0.1, -0.05) is 6.07 Å². The summed E-state index contributed by atoms with van der Waals surface area (Å²) in [4.78, 5) is 36.2. The van der Waals surface area contributed by atoms with Gasteiger partial charge in [-0.15, -0.1) is 10.0 Å². The van der Waals surface area contributed by atoms with Gasteiger partial charge in [0, 0.05) is 6.20 Å². The molecule has 23 heavy (non-hydrogen) atoms. The lowest BCUT2D eigenvalue weighted by molar-refractivity contribution is -0.143. The zero-order valence-corrected chi connectivity index (χ0v) is 13.5. The summed E-state index contributed by atoms with van der Waals surface area (Å²) in [5.41, 5.74) is 0. The van der Waals surface area contributed by atoms with Gasteiger partial charge in [0.1, 0.15) is 0 Å². The highest BCUT2D eigenvalue weighted by molar-refractivity contribution is 8.32. The summed E-state index contributed by atoms with van der Waals surface area (Å²) >= 11 is 0. The Hall–Kier alpha value is -2.48. The fourth-order valence-electron chi connectivity index (χ4n) is 2.01. The van der Waals surface area contributed by atoms with Gasteiger partial charge in [-0.3, -0.25) is 14.6 Å². The van der Waals surface area contributed by atoms with Crippen LogP contribution >= 0.6 is 10.0 Å². The molecule has 0 spiro atoms. The van der Waals surface area contributed by atoms with E-state index in [4.69, 9.17) is 9.47 Å². The molecule has 1 aliphatic rings. The third-order valence-corrected chi connectivity index (χ3v) is 5.68. The minimum absolute atomic E-state index is 0.0231. The van der Waals surface area contributed by atoms with Gasteiger partial charge in [0.25, 0.3) is 5.88 Å². The van der Waals surface area contributed by atoms with Gasteiger partial charge in [-0.2, -0.15) is 4.98 Å². The number of aromatic nitrogens is 3. The number of hydrogen-bond donors (Lipinski definition) is 0. The molecule has 0 saturated heterocycles. The quantitative estimate of drug-likeness (QED) is 0.613. The van der Waals surface area contributed by atoms with Crippen molar-refractivity contribution in [3.05, 3.63) is 30.6 Å². The Kier molecular flexibility index (Phi) is 3.99. The van der Waals surface area contributed by atoms with E-state index in [0.29, 0.717) is 5.16 Å². The van der Waals surface area contributed by atoms with Crippen molar-refractivity contribution in [2.24, 2.45) is 0 Å². The van der Waals surface area contributed by atoms with Crippen molar-refractivity contribution in [3.63, 3.8) is 0 Å². The highest BCUT2D eigenvalue weighted by atomic mass is 32.3. The van der Waals surface area contributed by atoms with Crippen molar-refractivity contribution in [1.29, 1.82) is 0 Å². The van der Waals surface area contributed by atoms with Crippen molar-refractivity contribution in [1.82, 2.24) is 15.0 Å². The normalized spacial score (nSPS) is 15.7. The maximum Gasteiger partial charge on any atom is 0.313 e. The van der Waals surface area contributed by atoms with Crippen LogP contribution in [0.3, 0.4) is 0 Å². The van der Waals surface area contributed by atoms with E-state index in [1.54, 1.807) is 6.20 Å². The lowest BCUT2D eigenvalue weighted by atomic mass is 10.3. The number of rotatable bonds is 2. The summed E-state index contributed by atoms with van der Waals surface area (Å²) in [6, 6.07) is 5.63. The number of nitrogens with zero attached hydrogens (tertiary/aromatic N) is 3. The number of carbonyl (C=O) groups excluding carboxylic acids is 2. The van der Waals surface area contributed by atoms with E-state index < -0.39 is 22.0 Å². The molecule has 0 radical (unpaired) electrons. The summed E-state index contributed by atoms with van der Waals surface area (Å²) in [6.07, 6.45) is 7.01. The second kappa shape index (κ2) is 5.96. The molecule has 0 fully saturated rings. The summed E-state index contributed by atoms with van der Waals surface area (Å²) in [5, 5.41) is 1.36.